The van der Waals surface area contributed by atoms with Crippen molar-refractivity contribution in [3.63, 3.8) is 0 Å². The monoisotopic (exact) mass is 385 g/mol. The molecule has 27 heavy (non-hydrogen) atoms. The molecule has 140 valence electrons. The van der Waals surface area contributed by atoms with Crippen molar-refractivity contribution < 1.29 is 19.1 Å². The van der Waals surface area contributed by atoms with Gasteiger partial charge in [-0.25, -0.2) is 0 Å². The number of nitrogens with zero attached hydrogens (tertiary/aromatic N) is 3. The molecule has 0 bridgehead atoms. The Morgan fingerprint density at radius 1 is 1.26 bits per heavy atom. The molecule has 0 spiro atoms. The number of imide groups is 1. The lowest BCUT2D eigenvalue weighted by Crippen LogP contribution is -2.44. The third-order valence-electron chi connectivity index (χ3n) is 4.33. The summed E-state index contributed by atoms with van der Waals surface area (Å²) >= 11 is 0.824. The molecule has 0 atom stereocenters. The van der Waals surface area contributed by atoms with E-state index in [4.69, 9.17) is 10.00 Å². The molecule has 2 saturated heterocycles. The molecule has 0 unspecified atom stereocenters. The largest absolute Gasteiger partial charge is 0.479 e. The molecule has 2 heterocycles. The van der Waals surface area contributed by atoms with E-state index >= 15 is 0 Å². The summed E-state index contributed by atoms with van der Waals surface area (Å²) in [5.41, 5.74) is 0.679. The van der Waals surface area contributed by atoms with Crippen LogP contribution in [0.4, 0.5) is 4.79 Å². The van der Waals surface area contributed by atoms with Crippen molar-refractivity contribution in [1.82, 2.24) is 9.80 Å². The zero-order chi connectivity index (χ0) is 19.2. The van der Waals surface area contributed by atoms with Crippen LogP contribution in [0, 0.1) is 11.3 Å². The van der Waals surface area contributed by atoms with Gasteiger partial charge in [-0.15, -0.1) is 0 Å². The van der Waals surface area contributed by atoms with Crippen LogP contribution in [-0.4, -0.2) is 53.1 Å². The summed E-state index contributed by atoms with van der Waals surface area (Å²) in [5.74, 6) is -0.145. The van der Waals surface area contributed by atoms with Crippen LogP contribution in [0.25, 0.3) is 6.08 Å². The average molecular weight is 385 g/mol. The lowest BCUT2D eigenvalue weighted by molar-refractivity contribution is -0.136. The second-order valence-corrected chi connectivity index (χ2v) is 7.22. The van der Waals surface area contributed by atoms with Gasteiger partial charge in [0.25, 0.3) is 11.1 Å². The summed E-state index contributed by atoms with van der Waals surface area (Å²) in [6.07, 6.45) is 4.61. The average Bonchev–Trinajstić information content (AvgIpc) is 2.94. The molecule has 3 rings (SSSR count). The number of likely N-dealkylation sites (tertiary alicyclic amines) is 1. The van der Waals surface area contributed by atoms with Crippen molar-refractivity contribution in [3.8, 4) is 11.8 Å². The van der Waals surface area contributed by atoms with Crippen molar-refractivity contribution in [2.75, 3.05) is 26.2 Å². The molecule has 1 aromatic carbocycles. The Morgan fingerprint density at radius 3 is 2.78 bits per heavy atom. The molecule has 2 aliphatic rings. The fraction of sp³-hybridized carbons (Fsp3) is 0.368. The minimum absolute atomic E-state index is 0.0709. The van der Waals surface area contributed by atoms with Gasteiger partial charge in [-0.1, -0.05) is 12.1 Å². The maximum atomic E-state index is 12.6. The van der Waals surface area contributed by atoms with E-state index in [1.54, 1.807) is 35.2 Å². The van der Waals surface area contributed by atoms with Crippen molar-refractivity contribution in [3.05, 3.63) is 34.7 Å². The van der Waals surface area contributed by atoms with Crippen LogP contribution in [0.15, 0.2) is 29.2 Å². The van der Waals surface area contributed by atoms with Crippen LogP contribution in [0.3, 0.4) is 0 Å². The van der Waals surface area contributed by atoms with Crippen LogP contribution < -0.4 is 4.74 Å². The molecule has 1 aromatic rings. The quantitative estimate of drug-likeness (QED) is 0.724. The summed E-state index contributed by atoms with van der Waals surface area (Å²) in [4.78, 5) is 40.1. The number of hydrogen-bond donors (Lipinski definition) is 0. The van der Waals surface area contributed by atoms with E-state index in [9.17, 15) is 14.4 Å². The first-order chi connectivity index (χ1) is 13.1. The van der Waals surface area contributed by atoms with Crippen LogP contribution in [0.2, 0.25) is 0 Å². The van der Waals surface area contributed by atoms with Crippen molar-refractivity contribution in [2.45, 2.75) is 19.3 Å². The fourth-order valence-corrected chi connectivity index (χ4v) is 3.81. The van der Waals surface area contributed by atoms with Gasteiger partial charge in [0.15, 0.2) is 6.61 Å². The number of amides is 3. The minimum atomic E-state index is -0.460. The predicted molar refractivity (Wildman–Crippen MR) is 101 cm³/mol. The molecule has 2 aliphatic heterocycles. The Morgan fingerprint density at radius 2 is 2.04 bits per heavy atom. The number of ether oxygens (including phenoxy) is 1. The Balaban J connectivity index is 1.69. The SMILES string of the molecule is N#CCOc1cccc(/C=C2\SC(=O)N(CC(=O)N3CCCCC3)C2=O)c1. The molecule has 0 radical (unpaired) electrons. The minimum Gasteiger partial charge on any atom is -0.479 e. The number of carbonyl (C=O) groups excluding carboxylic acids is 3. The first-order valence-electron chi connectivity index (χ1n) is 8.71. The Labute approximate surface area is 161 Å². The number of benzene rings is 1. The van der Waals surface area contributed by atoms with Gasteiger partial charge in [0.05, 0.1) is 4.91 Å². The topological polar surface area (TPSA) is 90.7 Å². The van der Waals surface area contributed by atoms with Gasteiger partial charge in [0.2, 0.25) is 5.91 Å². The Bertz CT molecular complexity index is 824. The fourth-order valence-electron chi connectivity index (χ4n) is 2.98. The zero-order valence-electron chi connectivity index (χ0n) is 14.7. The Kier molecular flexibility index (Phi) is 6.14. The molecule has 0 aliphatic carbocycles. The number of nitriles is 1. The highest BCUT2D eigenvalue weighted by Crippen LogP contribution is 2.32. The molecule has 2 fully saturated rings. The van der Waals surface area contributed by atoms with E-state index in [1.807, 2.05) is 6.07 Å². The maximum absolute atomic E-state index is 12.6. The molecule has 8 heteroatoms. The molecule has 7 nitrogen and oxygen atoms in total. The van der Waals surface area contributed by atoms with Gasteiger partial charge >= 0.3 is 0 Å². The van der Waals surface area contributed by atoms with Gasteiger partial charge in [-0.3, -0.25) is 19.3 Å². The highest BCUT2D eigenvalue weighted by atomic mass is 32.2. The van der Waals surface area contributed by atoms with Gasteiger partial charge in [0, 0.05) is 13.1 Å². The van der Waals surface area contributed by atoms with E-state index in [0.717, 1.165) is 35.9 Å². The number of piperidine rings is 1. The van der Waals surface area contributed by atoms with E-state index in [1.165, 1.54) is 0 Å². The third-order valence-corrected chi connectivity index (χ3v) is 5.24. The number of thioether (sulfide) groups is 1. The second kappa shape index (κ2) is 8.73. The number of rotatable bonds is 5. The lowest BCUT2D eigenvalue weighted by atomic mass is 10.1. The normalized spacial score (nSPS) is 18.7. The van der Waals surface area contributed by atoms with Crippen molar-refractivity contribution >= 4 is 34.9 Å². The van der Waals surface area contributed by atoms with E-state index in [2.05, 4.69) is 0 Å². The smallest absolute Gasteiger partial charge is 0.294 e. The number of carbonyl (C=O) groups is 3. The molecule has 3 amide bonds. The maximum Gasteiger partial charge on any atom is 0.294 e. The highest BCUT2D eigenvalue weighted by molar-refractivity contribution is 8.18. The van der Waals surface area contributed by atoms with Gasteiger partial charge < -0.3 is 9.64 Å². The summed E-state index contributed by atoms with van der Waals surface area (Å²) in [5, 5.41) is 8.14. The van der Waals surface area contributed by atoms with Crippen LogP contribution in [0.5, 0.6) is 5.75 Å². The molecular weight excluding hydrogens is 366 g/mol. The first-order valence-corrected chi connectivity index (χ1v) is 9.53. The summed E-state index contributed by atoms with van der Waals surface area (Å²) in [6, 6.07) is 8.79. The zero-order valence-corrected chi connectivity index (χ0v) is 15.5. The molecule has 0 N–H and O–H groups in total. The Hall–Kier alpha value is -2.79. The summed E-state index contributed by atoms with van der Waals surface area (Å²) in [6.45, 7) is 1.08. The standard InChI is InChI=1S/C19H19N3O4S/c20-7-10-26-15-6-4-5-14(11-15)12-16-18(24)22(19(25)27-16)13-17(23)21-8-2-1-3-9-21/h4-6,11-12H,1-3,8-10,13H2/b16-12-. The van der Waals surface area contributed by atoms with Gasteiger partial charge in [-0.05, 0) is 54.8 Å². The molecular formula is C19H19N3O4S. The lowest BCUT2D eigenvalue weighted by Gasteiger charge is -2.27. The van der Waals surface area contributed by atoms with Crippen LogP contribution >= 0.6 is 11.8 Å². The van der Waals surface area contributed by atoms with Gasteiger partial charge in [0.1, 0.15) is 18.4 Å². The molecule has 0 saturated carbocycles. The number of hydrogen-bond acceptors (Lipinski definition) is 6. The van der Waals surface area contributed by atoms with E-state index in [0.29, 0.717) is 24.4 Å². The van der Waals surface area contributed by atoms with E-state index < -0.39 is 11.1 Å². The summed E-state index contributed by atoms with van der Waals surface area (Å²) < 4.78 is 5.24. The first kappa shape index (κ1) is 19.0. The summed E-state index contributed by atoms with van der Waals surface area (Å²) in [7, 11) is 0. The van der Waals surface area contributed by atoms with E-state index in [-0.39, 0.29) is 24.0 Å². The van der Waals surface area contributed by atoms with Crippen molar-refractivity contribution in [1.29, 1.82) is 5.26 Å². The van der Waals surface area contributed by atoms with Crippen LogP contribution in [0.1, 0.15) is 24.8 Å². The molecule has 0 aromatic heterocycles. The highest BCUT2D eigenvalue weighted by Gasteiger charge is 2.37. The van der Waals surface area contributed by atoms with Crippen LogP contribution in [-0.2, 0) is 9.59 Å². The van der Waals surface area contributed by atoms with Crippen molar-refractivity contribution in [2.24, 2.45) is 0 Å². The van der Waals surface area contributed by atoms with Gasteiger partial charge in [-0.2, -0.15) is 5.26 Å². The predicted octanol–water partition coefficient (Wildman–Crippen LogP) is 2.64. The third kappa shape index (κ3) is 4.68. The second-order valence-electron chi connectivity index (χ2n) is 6.23.